The van der Waals surface area contributed by atoms with Crippen LogP contribution in [0.5, 0.6) is 0 Å². The summed E-state index contributed by atoms with van der Waals surface area (Å²) < 4.78 is 2.33. The summed E-state index contributed by atoms with van der Waals surface area (Å²) >= 11 is 0. The highest BCUT2D eigenvalue weighted by Gasteiger charge is 2.51. The van der Waals surface area contributed by atoms with Gasteiger partial charge in [0.15, 0.2) is 5.82 Å². The van der Waals surface area contributed by atoms with Crippen LogP contribution in [0.25, 0.3) is 11.4 Å². The average Bonchev–Trinajstić information content (AvgIpc) is 2.97. The largest absolute Gasteiger partial charge is 0.310 e. The smallest absolute Gasteiger partial charge is 0.164 e. The Morgan fingerprint density at radius 1 is 1.08 bits per heavy atom. The normalized spacial score (nSPS) is 27.2. The van der Waals surface area contributed by atoms with E-state index in [2.05, 4.69) is 69.9 Å². The predicted octanol–water partition coefficient (Wildman–Crippen LogP) is 3.80. The number of rotatable bonds is 3. The van der Waals surface area contributed by atoms with Crippen LogP contribution in [0.3, 0.4) is 0 Å². The second-order valence-corrected chi connectivity index (χ2v) is 8.80. The van der Waals surface area contributed by atoms with Crippen molar-refractivity contribution in [2.75, 3.05) is 19.6 Å². The highest BCUT2D eigenvalue weighted by Crippen LogP contribution is 2.59. The number of aromatic nitrogens is 3. The molecule has 4 nitrogen and oxygen atoms in total. The lowest BCUT2D eigenvalue weighted by atomic mass is 9.49. The van der Waals surface area contributed by atoms with Crippen molar-refractivity contribution in [2.45, 2.75) is 39.7 Å². The molecule has 2 aromatic rings. The van der Waals surface area contributed by atoms with Crippen molar-refractivity contribution >= 4 is 0 Å². The lowest BCUT2D eigenvalue weighted by Crippen LogP contribution is -2.50. The van der Waals surface area contributed by atoms with Gasteiger partial charge >= 0.3 is 0 Å². The van der Waals surface area contributed by atoms with E-state index in [1.54, 1.807) is 5.57 Å². The Morgan fingerprint density at radius 3 is 2.69 bits per heavy atom. The zero-order chi connectivity index (χ0) is 17.7. The van der Waals surface area contributed by atoms with Crippen molar-refractivity contribution in [2.24, 2.45) is 17.3 Å². The van der Waals surface area contributed by atoms with Gasteiger partial charge in [-0.25, -0.2) is 0 Å². The number of allylic oxidation sites excluding steroid dienone is 1. The quantitative estimate of drug-likeness (QED) is 0.791. The van der Waals surface area contributed by atoms with Gasteiger partial charge in [0, 0.05) is 38.2 Å². The zero-order valence-electron chi connectivity index (χ0n) is 15.9. The first-order chi connectivity index (χ1) is 12.6. The lowest BCUT2D eigenvalue weighted by Gasteiger charge is -2.57. The summed E-state index contributed by atoms with van der Waals surface area (Å²) in [5, 5.41) is 8.96. The molecule has 2 heterocycles. The van der Waals surface area contributed by atoms with Crippen LogP contribution in [-0.2, 0) is 13.0 Å². The maximum absolute atomic E-state index is 4.49. The van der Waals surface area contributed by atoms with E-state index in [1.807, 2.05) is 0 Å². The molecule has 136 valence electrons. The predicted molar refractivity (Wildman–Crippen MR) is 104 cm³/mol. The number of hydrogen-bond acceptors (Lipinski definition) is 3. The number of nitrogens with zero attached hydrogens (tertiary/aromatic N) is 4. The van der Waals surface area contributed by atoms with E-state index in [0.717, 1.165) is 61.6 Å². The zero-order valence-corrected chi connectivity index (χ0v) is 15.9. The Hall–Kier alpha value is -1.94. The van der Waals surface area contributed by atoms with Crippen LogP contribution >= 0.6 is 0 Å². The molecule has 1 aliphatic heterocycles. The van der Waals surface area contributed by atoms with E-state index in [1.165, 1.54) is 12.8 Å². The van der Waals surface area contributed by atoms with Gasteiger partial charge in [-0.05, 0) is 30.1 Å². The van der Waals surface area contributed by atoms with Crippen molar-refractivity contribution in [3.8, 4) is 11.4 Å². The van der Waals surface area contributed by atoms with Crippen LogP contribution in [0.15, 0.2) is 42.0 Å². The molecule has 0 spiro atoms. The van der Waals surface area contributed by atoms with Crippen molar-refractivity contribution in [1.29, 1.82) is 0 Å². The molecule has 1 saturated carbocycles. The molecule has 1 fully saturated rings. The van der Waals surface area contributed by atoms with Crippen molar-refractivity contribution < 1.29 is 0 Å². The lowest BCUT2D eigenvalue weighted by molar-refractivity contribution is -0.0106. The SMILES string of the molecule is CC1(C)[C@H]2CC=C(CN3CCc4nnc(-c5ccccc5)n4CC3)[C@@H]1C2. The Balaban J connectivity index is 1.31. The molecule has 3 aliphatic carbocycles. The fourth-order valence-corrected chi connectivity index (χ4v) is 5.24. The first-order valence-corrected chi connectivity index (χ1v) is 10.0. The van der Waals surface area contributed by atoms with Gasteiger partial charge in [0.05, 0.1) is 0 Å². The van der Waals surface area contributed by atoms with Crippen LogP contribution in [0.1, 0.15) is 32.5 Å². The molecule has 2 bridgehead atoms. The third-order valence-corrected chi connectivity index (χ3v) is 7.14. The maximum Gasteiger partial charge on any atom is 0.164 e. The number of benzene rings is 1. The fraction of sp³-hybridized carbons (Fsp3) is 0.545. The minimum Gasteiger partial charge on any atom is -0.310 e. The van der Waals surface area contributed by atoms with Gasteiger partial charge in [-0.2, -0.15) is 0 Å². The van der Waals surface area contributed by atoms with E-state index in [-0.39, 0.29) is 0 Å². The van der Waals surface area contributed by atoms with Crippen LogP contribution in [0, 0.1) is 17.3 Å². The molecular formula is C22H28N4. The van der Waals surface area contributed by atoms with Gasteiger partial charge in [0.2, 0.25) is 0 Å². The number of hydrogen-bond donors (Lipinski definition) is 0. The van der Waals surface area contributed by atoms with Gasteiger partial charge < -0.3 is 4.57 Å². The average molecular weight is 348 g/mol. The molecule has 0 amide bonds. The van der Waals surface area contributed by atoms with Crippen molar-refractivity contribution in [1.82, 2.24) is 19.7 Å². The summed E-state index contributed by atoms with van der Waals surface area (Å²) in [7, 11) is 0. The van der Waals surface area contributed by atoms with E-state index in [9.17, 15) is 0 Å². The van der Waals surface area contributed by atoms with Crippen molar-refractivity contribution in [3.63, 3.8) is 0 Å². The molecule has 1 aromatic carbocycles. The monoisotopic (exact) mass is 348 g/mol. The first kappa shape index (κ1) is 16.2. The third-order valence-electron chi connectivity index (χ3n) is 7.14. The standard InChI is InChI=1S/C22H28N4/c1-22(2)18-9-8-17(19(22)14-18)15-25-11-10-20-23-24-21(26(20)13-12-25)16-6-4-3-5-7-16/h3-8,18-19H,9-15H2,1-2H3/t18-,19-/m0/s1. The molecular weight excluding hydrogens is 320 g/mol. The second kappa shape index (κ2) is 6.05. The molecule has 6 rings (SSSR count). The minimum atomic E-state index is 0.521. The highest BCUT2D eigenvalue weighted by atomic mass is 15.3. The second-order valence-electron chi connectivity index (χ2n) is 8.80. The van der Waals surface area contributed by atoms with Crippen LogP contribution in [0.2, 0.25) is 0 Å². The summed E-state index contributed by atoms with van der Waals surface area (Å²) in [5.74, 6) is 3.88. The molecule has 26 heavy (non-hydrogen) atoms. The van der Waals surface area contributed by atoms with Crippen LogP contribution in [-0.4, -0.2) is 39.3 Å². The Kier molecular flexibility index (Phi) is 3.78. The fourth-order valence-electron chi connectivity index (χ4n) is 5.24. The molecule has 1 aromatic heterocycles. The van der Waals surface area contributed by atoms with Crippen molar-refractivity contribution in [3.05, 3.63) is 47.8 Å². The van der Waals surface area contributed by atoms with Gasteiger partial charge in [-0.15, -0.1) is 10.2 Å². The Bertz CT molecular complexity index is 833. The topological polar surface area (TPSA) is 34.0 Å². The van der Waals surface area contributed by atoms with E-state index < -0.39 is 0 Å². The molecule has 0 saturated heterocycles. The molecule has 0 unspecified atom stereocenters. The highest BCUT2D eigenvalue weighted by molar-refractivity contribution is 5.55. The van der Waals surface area contributed by atoms with Gasteiger partial charge in [0.25, 0.3) is 0 Å². The molecule has 0 radical (unpaired) electrons. The van der Waals surface area contributed by atoms with E-state index in [0.29, 0.717) is 5.41 Å². The van der Waals surface area contributed by atoms with Crippen LogP contribution < -0.4 is 0 Å². The van der Waals surface area contributed by atoms with Gasteiger partial charge in [0.1, 0.15) is 5.82 Å². The number of fused-ring (bicyclic) bond motifs is 2. The maximum atomic E-state index is 4.49. The molecule has 4 heteroatoms. The van der Waals surface area contributed by atoms with Gasteiger partial charge in [-0.3, -0.25) is 4.90 Å². The molecule has 2 atom stereocenters. The summed E-state index contributed by atoms with van der Waals surface area (Å²) in [5.41, 5.74) is 3.38. The third kappa shape index (κ3) is 2.54. The summed E-state index contributed by atoms with van der Waals surface area (Å²) in [4.78, 5) is 2.63. The molecule has 4 aliphatic rings. The summed E-state index contributed by atoms with van der Waals surface area (Å²) in [6.07, 6.45) is 6.24. The van der Waals surface area contributed by atoms with Crippen LogP contribution in [0.4, 0.5) is 0 Å². The Morgan fingerprint density at radius 2 is 1.92 bits per heavy atom. The summed E-state index contributed by atoms with van der Waals surface area (Å²) in [6.45, 7) is 9.22. The Labute approximate surface area is 155 Å². The van der Waals surface area contributed by atoms with E-state index >= 15 is 0 Å². The van der Waals surface area contributed by atoms with Gasteiger partial charge in [-0.1, -0.05) is 55.8 Å². The first-order valence-electron chi connectivity index (χ1n) is 10.0. The van der Waals surface area contributed by atoms with E-state index in [4.69, 9.17) is 0 Å². The molecule has 0 N–H and O–H groups in total. The summed E-state index contributed by atoms with van der Waals surface area (Å²) in [6, 6.07) is 10.4. The minimum absolute atomic E-state index is 0.521.